The number of likely N-dealkylation sites (N-methyl/N-ethyl adjacent to an activating group) is 1. The van der Waals surface area contributed by atoms with Gasteiger partial charge in [-0.2, -0.15) is 0 Å². The molecule has 0 bridgehead atoms. The fourth-order valence-corrected chi connectivity index (χ4v) is 1.74. The van der Waals surface area contributed by atoms with Gasteiger partial charge in [0.2, 0.25) is 0 Å². The summed E-state index contributed by atoms with van der Waals surface area (Å²) < 4.78 is 17.8. The normalized spacial score (nSPS) is 12.9. The number of nitrogens with one attached hydrogen (secondary N) is 1. The van der Waals surface area contributed by atoms with Gasteiger partial charge in [-0.05, 0) is 39.2 Å². The van der Waals surface area contributed by atoms with Gasteiger partial charge in [0.15, 0.2) is 0 Å². The molecule has 0 aliphatic carbocycles. The molecule has 0 saturated carbocycles. The molecule has 1 aromatic rings. The maximum absolute atomic E-state index is 12.8. The molecule has 0 saturated heterocycles. The molecule has 1 unspecified atom stereocenters. The lowest BCUT2D eigenvalue weighted by Gasteiger charge is -2.20. The molecule has 102 valence electrons. The van der Waals surface area contributed by atoms with Crippen LogP contribution in [0.4, 0.5) is 4.39 Å². The highest BCUT2D eigenvalue weighted by Gasteiger charge is 2.11. The third kappa shape index (κ3) is 5.08. The Morgan fingerprint density at radius 2 is 2.22 bits per heavy atom. The smallest absolute Gasteiger partial charge is 0.141 e. The summed E-state index contributed by atoms with van der Waals surface area (Å²) in [6.45, 7) is 2.58. The van der Waals surface area contributed by atoms with Crippen molar-refractivity contribution in [3.8, 4) is 0 Å². The van der Waals surface area contributed by atoms with Crippen LogP contribution in [0.1, 0.15) is 18.2 Å². The minimum absolute atomic E-state index is 0.149. The Kier molecular flexibility index (Phi) is 6.78. The van der Waals surface area contributed by atoms with E-state index in [1.807, 2.05) is 7.05 Å². The molecule has 1 aromatic heterocycles. The molecule has 1 heterocycles. The van der Waals surface area contributed by atoms with Gasteiger partial charge in [-0.1, -0.05) is 0 Å². The van der Waals surface area contributed by atoms with E-state index in [1.54, 1.807) is 13.2 Å². The van der Waals surface area contributed by atoms with Crippen LogP contribution < -0.4 is 5.32 Å². The van der Waals surface area contributed by atoms with Crippen molar-refractivity contribution in [2.24, 2.45) is 0 Å². The van der Waals surface area contributed by atoms with Crippen molar-refractivity contribution in [1.29, 1.82) is 0 Å². The summed E-state index contributed by atoms with van der Waals surface area (Å²) in [5.74, 6) is -0.300. The number of hydrogen-bond donors (Lipinski definition) is 1. The summed E-state index contributed by atoms with van der Waals surface area (Å²) >= 11 is 0. The summed E-state index contributed by atoms with van der Waals surface area (Å²) in [5.41, 5.74) is 0.874. The molecule has 5 heteroatoms. The zero-order chi connectivity index (χ0) is 13.4. The van der Waals surface area contributed by atoms with Crippen LogP contribution in [-0.2, 0) is 4.74 Å². The Hall–Kier alpha value is -1.04. The zero-order valence-electron chi connectivity index (χ0n) is 11.3. The zero-order valence-corrected chi connectivity index (χ0v) is 11.3. The van der Waals surface area contributed by atoms with E-state index in [0.717, 1.165) is 31.8 Å². The fraction of sp³-hybridized carbons (Fsp3) is 0.615. The van der Waals surface area contributed by atoms with Gasteiger partial charge >= 0.3 is 0 Å². The highest BCUT2D eigenvalue weighted by Crippen LogP contribution is 2.14. The summed E-state index contributed by atoms with van der Waals surface area (Å²) in [7, 11) is 5.65. The number of rotatable bonds is 8. The third-order valence-corrected chi connectivity index (χ3v) is 2.93. The quantitative estimate of drug-likeness (QED) is 0.763. The molecule has 0 radical (unpaired) electrons. The highest BCUT2D eigenvalue weighted by molar-refractivity contribution is 5.09. The van der Waals surface area contributed by atoms with Crippen molar-refractivity contribution in [2.75, 3.05) is 40.9 Å². The topological polar surface area (TPSA) is 37.4 Å². The minimum atomic E-state index is -0.300. The molecule has 1 rings (SSSR count). The number of nitrogens with zero attached hydrogens (tertiary/aromatic N) is 2. The second-order valence-electron chi connectivity index (χ2n) is 4.33. The van der Waals surface area contributed by atoms with Gasteiger partial charge in [-0.3, -0.25) is 4.98 Å². The monoisotopic (exact) mass is 255 g/mol. The first kappa shape index (κ1) is 15.0. The maximum atomic E-state index is 12.8. The number of pyridine rings is 1. The number of halogens is 1. The van der Waals surface area contributed by atoms with Crippen LogP contribution in [0.2, 0.25) is 0 Å². The first-order valence-electron chi connectivity index (χ1n) is 6.13. The number of hydrogen-bond acceptors (Lipinski definition) is 4. The Bertz CT molecular complexity index is 332. The molecule has 0 amide bonds. The van der Waals surface area contributed by atoms with E-state index in [-0.39, 0.29) is 11.9 Å². The maximum Gasteiger partial charge on any atom is 0.141 e. The van der Waals surface area contributed by atoms with Crippen LogP contribution in [0, 0.1) is 5.82 Å². The molecule has 4 nitrogen and oxygen atoms in total. The highest BCUT2D eigenvalue weighted by atomic mass is 19.1. The van der Waals surface area contributed by atoms with E-state index < -0.39 is 0 Å². The van der Waals surface area contributed by atoms with Gasteiger partial charge < -0.3 is 15.0 Å². The standard InChI is InChI=1S/C13H22FN3O/c1-15-12(6-7-17(2)8-9-18-3)13-5-4-11(14)10-16-13/h4-5,10,12,15H,6-9H2,1-3H3. The Balaban J connectivity index is 2.44. The second kappa shape index (κ2) is 8.13. The lowest BCUT2D eigenvalue weighted by atomic mass is 10.1. The van der Waals surface area contributed by atoms with Crippen LogP contribution in [-0.4, -0.2) is 50.8 Å². The molecular formula is C13H22FN3O. The number of methoxy groups -OCH3 is 1. The van der Waals surface area contributed by atoms with Gasteiger partial charge in [0, 0.05) is 13.7 Å². The average Bonchev–Trinajstić information content (AvgIpc) is 2.39. The fourth-order valence-electron chi connectivity index (χ4n) is 1.74. The number of ether oxygens (including phenoxy) is 1. The molecule has 18 heavy (non-hydrogen) atoms. The van der Waals surface area contributed by atoms with Crippen molar-refractivity contribution in [2.45, 2.75) is 12.5 Å². The van der Waals surface area contributed by atoms with E-state index in [1.165, 1.54) is 12.3 Å². The van der Waals surface area contributed by atoms with Crippen molar-refractivity contribution < 1.29 is 9.13 Å². The van der Waals surface area contributed by atoms with Gasteiger partial charge in [0.1, 0.15) is 5.82 Å². The van der Waals surface area contributed by atoms with Gasteiger partial charge in [0.25, 0.3) is 0 Å². The van der Waals surface area contributed by atoms with Gasteiger partial charge in [-0.25, -0.2) is 4.39 Å². The molecule has 0 aliphatic heterocycles. The Morgan fingerprint density at radius 1 is 1.44 bits per heavy atom. The van der Waals surface area contributed by atoms with E-state index in [0.29, 0.717) is 0 Å². The second-order valence-corrected chi connectivity index (χ2v) is 4.33. The van der Waals surface area contributed by atoms with Crippen molar-refractivity contribution in [3.05, 3.63) is 29.8 Å². The van der Waals surface area contributed by atoms with E-state index in [2.05, 4.69) is 22.2 Å². The van der Waals surface area contributed by atoms with Crippen molar-refractivity contribution in [1.82, 2.24) is 15.2 Å². The van der Waals surface area contributed by atoms with Crippen LogP contribution in [0.5, 0.6) is 0 Å². The molecule has 0 aromatic carbocycles. The first-order valence-corrected chi connectivity index (χ1v) is 6.13. The van der Waals surface area contributed by atoms with E-state index in [9.17, 15) is 4.39 Å². The predicted molar refractivity (Wildman–Crippen MR) is 70.0 cm³/mol. The average molecular weight is 255 g/mol. The predicted octanol–water partition coefficient (Wildman–Crippen LogP) is 1.45. The SMILES string of the molecule is CNC(CCN(C)CCOC)c1ccc(F)cn1. The first-order chi connectivity index (χ1) is 8.67. The van der Waals surface area contributed by atoms with Crippen LogP contribution in [0.15, 0.2) is 18.3 Å². The minimum Gasteiger partial charge on any atom is -0.383 e. The molecule has 1 atom stereocenters. The summed E-state index contributed by atoms with van der Waals surface area (Å²) in [6.07, 6.45) is 2.18. The van der Waals surface area contributed by atoms with Crippen molar-refractivity contribution >= 4 is 0 Å². The molecule has 1 N–H and O–H groups in total. The molecule has 0 spiro atoms. The summed E-state index contributed by atoms with van der Waals surface area (Å²) in [4.78, 5) is 6.31. The van der Waals surface area contributed by atoms with E-state index in [4.69, 9.17) is 4.74 Å². The molecule has 0 fully saturated rings. The molecule has 0 aliphatic rings. The van der Waals surface area contributed by atoms with Crippen LogP contribution in [0.25, 0.3) is 0 Å². The van der Waals surface area contributed by atoms with Crippen molar-refractivity contribution in [3.63, 3.8) is 0 Å². The van der Waals surface area contributed by atoms with Crippen LogP contribution >= 0.6 is 0 Å². The largest absolute Gasteiger partial charge is 0.383 e. The van der Waals surface area contributed by atoms with Crippen LogP contribution in [0.3, 0.4) is 0 Å². The molecular weight excluding hydrogens is 233 g/mol. The summed E-state index contributed by atoms with van der Waals surface area (Å²) in [5, 5.41) is 3.21. The van der Waals surface area contributed by atoms with E-state index >= 15 is 0 Å². The lowest BCUT2D eigenvalue weighted by molar-refractivity contribution is 0.159. The summed E-state index contributed by atoms with van der Waals surface area (Å²) in [6, 6.07) is 3.32. The Morgan fingerprint density at radius 3 is 2.78 bits per heavy atom. The lowest BCUT2D eigenvalue weighted by Crippen LogP contribution is -2.28. The third-order valence-electron chi connectivity index (χ3n) is 2.93. The van der Waals surface area contributed by atoms with Gasteiger partial charge in [0.05, 0.1) is 24.5 Å². The number of aromatic nitrogens is 1. The Labute approximate surface area is 108 Å². The van der Waals surface area contributed by atoms with Gasteiger partial charge in [-0.15, -0.1) is 0 Å².